The number of likely N-dealkylation sites (tertiary alicyclic amines) is 1. The van der Waals surface area contributed by atoms with Gasteiger partial charge in [-0.05, 0) is 31.8 Å². The monoisotopic (exact) mass is 264 g/mol. The van der Waals surface area contributed by atoms with Crippen molar-refractivity contribution in [2.45, 2.75) is 18.7 Å². The molecule has 1 aliphatic rings. The smallest absolute Gasteiger partial charge is 0.335 e. The molecule has 0 unspecified atom stereocenters. The third-order valence-corrected chi connectivity index (χ3v) is 3.58. The minimum Gasteiger partial charge on any atom is -0.478 e. The molecule has 1 heterocycles. The van der Waals surface area contributed by atoms with Gasteiger partial charge in [-0.25, -0.2) is 4.79 Å². The molecule has 2 rings (SSSR count). The summed E-state index contributed by atoms with van der Waals surface area (Å²) >= 11 is 0. The van der Waals surface area contributed by atoms with E-state index in [1.165, 1.54) is 0 Å². The van der Waals surface area contributed by atoms with Gasteiger partial charge in [0.25, 0.3) is 0 Å². The number of carboxylic acid groups (broad SMARTS) is 1. The molecule has 2 N–H and O–H groups in total. The van der Waals surface area contributed by atoms with Gasteiger partial charge < -0.3 is 15.1 Å². The van der Waals surface area contributed by atoms with Crippen LogP contribution in [0.25, 0.3) is 0 Å². The number of carboxylic acids is 1. The fraction of sp³-hybridized carbons (Fsp3) is 0.500. The van der Waals surface area contributed by atoms with E-state index in [-0.39, 0.29) is 12.1 Å². The Morgan fingerprint density at radius 1 is 1.42 bits per heavy atom. The summed E-state index contributed by atoms with van der Waals surface area (Å²) in [6, 6.07) is 7.10. The van der Waals surface area contributed by atoms with Gasteiger partial charge in [0, 0.05) is 25.7 Å². The van der Waals surface area contributed by atoms with Crippen molar-refractivity contribution < 1.29 is 15.0 Å². The quantitative estimate of drug-likeness (QED) is 0.828. The normalized spacial score (nSPS) is 24.0. The first-order chi connectivity index (χ1) is 8.97. The van der Waals surface area contributed by atoms with Gasteiger partial charge in [-0.1, -0.05) is 12.1 Å². The van der Waals surface area contributed by atoms with Crippen LogP contribution in [0.3, 0.4) is 0 Å². The zero-order chi connectivity index (χ0) is 14.0. The van der Waals surface area contributed by atoms with Crippen molar-refractivity contribution in [3.05, 3.63) is 35.4 Å². The van der Waals surface area contributed by atoms with Crippen LogP contribution in [0.1, 0.15) is 15.9 Å². The predicted molar refractivity (Wildman–Crippen MR) is 72.2 cm³/mol. The van der Waals surface area contributed by atoms with Crippen LogP contribution in [-0.4, -0.2) is 65.3 Å². The summed E-state index contributed by atoms with van der Waals surface area (Å²) in [6.07, 6.45) is -0.349. The molecule has 0 bridgehead atoms. The SMILES string of the molecule is CN(C)[C@H]1CN(Cc2cccc(C(=O)O)c2)C[C@@H]1O. The Balaban J connectivity index is 2.02. The standard InChI is InChI=1S/C14H20N2O3/c1-15(2)12-8-16(9-13(12)17)7-10-4-3-5-11(6-10)14(18)19/h3-6,12-13,17H,7-9H2,1-2H3,(H,18,19)/t12-,13-/m0/s1. The molecule has 1 aliphatic heterocycles. The van der Waals surface area contributed by atoms with Crippen LogP contribution in [0.15, 0.2) is 24.3 Å². The Bertz CT molecular complexity index is 462. The van der Waals surface area contributed by atoms with E-state index in [0.717, 1.165) is 12.1 Å². The lowest BCUT2D eigenvalue weighted by Gasteiger charge is -2.21. The Hall–Kier alpha value is -1.43. The maximum absolute atomic E-state index is 10.9. The second-order valence-electron chi connectivity index (χ2n) is 5.30. The molecule has 0 spiro atoms. The molecule has 0 saturated carbocycles. The third-order valence-electron chi connectivity index (χ3n) is 3.58. The van der Waals surface area contributed by atoms with Gasteiger partial charge in [0.2, 0.25) is 0 Å². The van der Waals surface area contributed by atoms with Crippen LogP contribution in [0.5, 0.6) is 0 Å². The predicted octanol–water partition coefficient (Wildman–Crippen LogP) is 0.491. The van der Waals surface area contributed by atoms with Crippen molar-refractivity contribution in [3.63, 3.8) is 0 Å². The maximum atomic E-state index is 10.9. The lowest BCUT2D eigenvalue weighted by atomic mass is 10.1. The van der Waals surface area contributed by atoms with E-state index in [4.69, 9.17) is 5.11 Å². The minimum atomic E-state index is -0.908. The number of aliphatic hydroxyl groups excluding tert-OH is 1. The zero-order valence-electron chi connectivity index (χ0n) is 11.3. The number of nitrogens with zero attached hydrogens (tertiary/aromatic N) is 2. The van der Waals surface area contributed by atoms with Gasteiger partial charge in [0.1, 0.15) is 0 Å². The summed E-state index contributed by atoms with van der Waals surface area (Å²) in [5.41, 5.74) is 1.27. The van der Waals surface area contributed by atoms with Crippen molar-refractivity contribution >= 4 is 5.97 Å². The molecule has 0 aliphatic carbocycles. The maximum Gasteiger partial charge on any atom is 0.335 e. The molecule has 104 valence electrons. The second kappa shape index (κ2) is 5.69. The number of likely N-dealkylation sites (N-methyl/N-ethyl adjacent to an activating group) is 1. The topological polar surface area (TPSA) is 64.0 Å². The molecule has 19 heavy (non-hydrogen) atoms. The first-order valence-electron chi connectivity index (χ1n) is 6.36. The van der Waals surface area contributed by atoms with Crippen LogP contribution in [0.2, 0.25) is 0 Å². The van der Waals surface area contributed by atoms with Crippen molar-refractivity contribution in [2.75, 3.05) is 27.2 Å². The van der Waals surface area contributed by atoms with Crippen molar-refractivity contribution in [3.8, 4) is 0 Å². The van der Waals surface area contributed by atoms with E-state index in [2.05, 4.69) is 4.90 Å². The lowest BCUT2D eigenvalue weighted by molar-refractivity contribution is 0.0696. The summed E-state index contributed by atoms with van der Waals surface area (Å²) in [5, 5.41) is 18.9. The Labute approximate surface area is 113 Å². The molecule has 5 heteroatoms. The molecule has 1 saturated heterocycles. The summed E-state index contributed by atoms with van der Waals surface area (Å²) in [5.74, 6) is -0.908. The molecule has 0 amide bonds. The zero-order valence-corrected chi connectivity index (χ0v) is 11.3. The number of carbonyl (C=O) groups is 1. The number of aliphatic hydroxyl groups is 1. The van der Waals surface area contributed by atoms with E-state index < -0.39 is 5.97 Å². The molecule has 1 aromatic carbocycles. The largest absolute Gasteiger partial charge is 0.478 e. The number of benzene rings is 1. The van der Waals surface area contributed by atoms with Crippen LogP contribution < -0.4 is 0 Å². The van der Waals surface area contributed by atoms with Crippen molar-refractivity contribution in [1.29, 1.82) is 0 Å². The van der Waals surface area contributed by atoms with Crippen LogP contribution in [0.4, 0.5) is 0 Å². The fourth-order valence-electron chi connectivity index (χ4n) is 2.54. The molecule has 1 fully saturated rings. The minimum absolute atomic E-state index is 0.141. The summed E-state index contributed by atoms with van der Waals surface area (Å²) in [4.78, 5) is 15.1. The van der Waals surface area contributed by atoms with E-state index in [1.807, 2.05) is 25.1 Å². The van der Waals surface area contributed by atoms with Crippen molar-refractivity contribution in [1.82, 2.24) is 9.80 Å². The Morgan fingerprint density at radius 2 is 2.16 bits per heavy atom. The first-order valence-corrected chi connectivity index (χ1v) is 6.36. The van der Waals surface area contributed by atoms with Crippen LogP contribution in [0, 0.1) is 0 Å². The molecule has 0 radical (unpaired) electrons. The number of hydrogen-bond donors (Lipinski definition) is 2. The highest BCUT2D eigenvalue weighted by atomic mass is 16.4. The van der Waals surface area contributed by atoms with Crippen LogP contribution in [-0.2, 0) is 6.54 Å². The Kier molecular flexibility index (Phi) is 4.19. The molecular weight excluding hydrogens is 244 g/mol. The van der Waals surface area contributed by atoms with Gasteiger partial charge in [0.05, 0.1) is 11.7 Å². The van der Waals surface area contributed by atoms with Crippen LogP contribution >= 0.6 is 0 Å². The van der Waals surface area contributed by atoms with E-state index in [0.29, 0.717) is 18.7 Å². The highest BCUT2D eigenvalue weighted by Crippen LogP contribution is 2.17. The first kappa shape index (κ1) is 14.0. The van der Waals surface area contributed by atoms with E-state index in [1.54, 1.807) is 18.2 Å². The molecular formula is C14H20N2O3. The fourth-order valence-corrected chi connectivity index (χ4v) is 2.54. The molecule has 1 aromatic rings. The molecule has 5 nitrogen and oxygen atoms in total. The summed E-state index contributed by atoms with van der Waals surface area (Å²) < 4.78 is 0. The number of β-amino-alcohol motifs (C(OH)–C–C–N with tert-alkyl or cyclic N) is 1. The van der Waals surface area contributed by atoms with Gasteiger partial charge in [-0.15, -0.1) is 0 Å². The number of rotatable bonds is 4. The average molecular weight is 264 g/mol. The lowest BCUT2D eigenvalue weighted by Crippen LogP contribution is -2.37. The molecule has 0 aromatic heterocycles. The molecule has 2 atom stereocenters. The average Bonchev–Trinajstić information content (AvgIpc) is 2.70. The van der Waals surface area contributed by atoms with Gasteiger partial charge in [-0.3, -0.25) is 4.90 Å². The van der Waals surface area contributed by atoms with Gasteiger partial charge in [0.15, 0.2) is 0 Å². The van der Waals surface area contributed by atoms with Gasteiger partial charge >= 0.3 is 5.97 Å². The van der Waals surface area contributed by atoms with Crippen molar-refractivity contribution in [2.24, 2.45) is 0 Å². The number of aromatic carboxylic acids is 1. The van der Waals surface area contributed by atoms with E-state index in [9.17, 15) is 9.90 Å². The van der Waals surface area contributed by atoms with Gasteiger partial charge in [-0.2, -0.15) is 0 Å². The van der Waals surface area contributed by atoms with E-state index >= 15 is 0 Å². The highest BCUT2D eigenvalue weighted by molar-refractivity contribution is 5.87. The Morgan fingerprint density at radius 3 is 2.74 bits per heavy atom. The summed E-state index contributed by atoms with van der Waals surface area (Å²) in [7, 11) is 3.92. The summed E-state index contributed by atoms with van der Waals surface area (Å²) in [6.45, 7) is 2.09. The highest BCUT2D eigenvalue weighted by Gasteiger charge is 2.32. The second-order valence-corrected chi connectivity index (χ2v) is 5.30. The third kappa shape index (κ3) is 3.32. The number of hydrogen-bond acceptors (Lipinski definition) is 4.